The van der Waals surface area contributed by atoms with Gasteiger partial charge in [0, 0.05) is 11.1 Å². The summed E-state index contributed by atoms with van der Waals surface area (Å²) in [6.07, 6.45) is 8.10. The highest BCUT2D eigenvalue weighted by atomic mass is 16.5. The topological polar surface area (TPSA) is 18.5 Å². The lowest BCUT2D eigenvalue weighted by Gasteiger charge is -2.28. The predicted molar refractivity (Wildman–Crippen MR) is 116 cm³/mol. The van der Waals surface area contributed by atoms with E-state index >= 15 is 0 Å². The van der Waals surface area contributed by atoms with Crippen LogP contribution in [0.15, 0.2) is 48.5 Å². The van der Waals surface area contributed by atoms with Crippen LogP contribution in [0.3, 0.4) is 0 Å². The first kappa shape index (κ1) is 20.3. The molecule has 0 amide bonds. The minimum absolute atomic E-state index is 0.680. The van der Waals surface area contributed by atoms with Crippen molar-refractivity contribution in [2.75, 3.05) is 13.2 Å². The van der Waals surface area contributed by atoms with Gasteiger partial charge >= 0.3 is 0 Å². The Labute approximate surface area is 170 Å². The van der Waals surface area contributed by atoms with Crippen molar-refractivity contribution in [3.05, 3.63) is 59.7 Å². The Bertz CT molecular complexity index is 757. The van der Waals surface area contributed by atoms with Gasteiger partial charge in [0.15, 0.2) is 0 Å². The van der Waals surface area contributed by atoms with Gasteiger partial charge in [-0.1, -0.05) is 44.4 Å². The third-order valence-electron chi connectivity index (χ3n) is 5.52. The summed E-state index contributed by atoms with van der Waals surface area (Å²) in [6.45, 7) is 5.80. The average Bonchev–Trinajstić information content (AvgIpc) is 2.74. The lowest BCUT2D eigenvalue weighted by molar-refractivity contribution is 0.178. The van der Waals surface area contributed by atoms with E-state index < -0.39 is 0 Å². The first-order valence-corrected chi connectivity index (χ1v) is 10.7. The molecule has 0 bridgehead atoms. The van der Waals surface area contributed by atoms with Crippen LogP contribution in [-0.4, -0.2) is 13.2 Å². The van der Waals surface area contributed by atoms with E-state index in [2.05, 4.69) is 18.8 Å². The van der Waals surface area contributed by atoms with E-state index in [0.717, 1.165) is 35.2 Å². The zero-order valence-corrected chi connectivity index (χ0v) is 17.2. The Hall–Kier alpha value is -2.40. The first-order chi connectivity index (χ1) is 13.8. The molecule has 2 nitrogen and oxygen atoms in total. The number of rotatable bonds is 7. The van der Waals surface area contributed by atoms with Crippen LogP contribution >= 0.6 is 0 Å². The normalized spacial score (nSPS) is 18.8. The van der Waals surface area contributed by atoms with Gasteiger partial charge < -0.3 is 9.47 Å². The van der Waals surface area contributed by atoms with E-state index in [9.17, 15) is 0 Å². The van der Waals surface area contributed by atoms with Crippen molar-refractivity contribution in [1.82, 2.24) is 0 Å². The smallest absolute Gasteiger partial charge is 0.119 e. The van der Waals surface area contributed by atoms with Crippen LogP contribution in [0.1, 0.15) is 63.5 Å². The molecule has 1 fully saturated rings. The summed E-state index contributed by atoms with van der Waals surface area (Å²) in [5, 5.41) is 0. The van der Waals surface area contributed by atoms with E-state index in [1.165, 1.54) is 38.5 Å². The van der Waals surface area contributed by atoms with Crippen LogP contribution < -0.4 is 9.47 Å². The molecule has 28 heavy (non-hydrogen) atoms. The molecular formula is C26H32O2. The Morgan fingerprint density at radius 2 is 1.21 bits per heavy atom. The van der Waals surface area contributed by atoms with Crippen LogP contribution in [0.25, 0.3) is 0 Å². The summed E-state index contributed by atoms with van der Waals surface area (Å²) >= 11 is 0. The highest BCUT2D eigenvalue weighted by Gasteiger charge is 2.20. The molecule has 0 heterocycles. The van der Waals surface area contributed by atoms with Crippen LogP contribution in [0.4, 0.5) is 0 Å². The van der Waals surface area contributed by atoms with Gasteiger partial charge in [0.1, 0.15) is 11.5 Å². The lowest BCUT2D eigenvalue weighted by atomic mass is 9.80. The molecule has 1 aliphatic rings. The first-order valence-electron chi connectivity index (χ1n) is 10.7. The molecule has 0 radical (unpaired) electrons. The lowest BCUT2D eigenvalue weighted by Crippen LogP contribution is -2.20. The van der Waals surface area contributed by atoms with Crippen molar-refractivity contribution in [3.63, 3.8) is 0 Å². The number of benzene rings is 2. The summed E-state index contributed by atoms with van der Waals surface area (Å²) in [7, 11) is 0. The molecule has 0 N–H and O–H groups in total. The van der Waals surface area contributed by atoms with Crippen molar-refractivity contribution >= 4 is 0 Å². The molecule has 0 unspecified atom stereocenters. The molecular weight excluding hydrogens is 344 g/mol. The van der Waals surface area contributed by atoms with Crippen molar-refractivity contribution in [1.29, 1.82) is 0 Å². The van der Waals surface area contributed by atoms with Crippen LogP contribution in [0.5, 0.6) is 11.5 Å². The van der Waals surface area contributed by atoms with Crippen LogP contribution in [0, 0.1) is 23.7 Å². The largest absolute Gasteiger partial charge is 0.494 e. The number of hydrogen-bond donors (Lipinski definition) is 0. The third-order valence-corrected chi connectivity index (χ3v) is 5.52. The Morgan fingerprint density at radius 3 is 1.71 bits per heavy atom. The standard InChI is InChI=1S/C26H32O2/c1-3-5-21-8-10-24(11-9-21)20-28-26-18-14-23(15-19-26)7-6-22-12-16-25(17-13-22)27-4-2/h12-19,21,24H,3-5,8-11,20H2,1-2H3. The summed E-state index contributed by atoms with van der Waals surface area (Å²) in [5.74, 6) is 9.91. The molecule has 0 saturated heterocycles. The van der Waals surface area contributed by atoms with E-state index in [4.69, 9.17) is 9.47 Å². The van der Waals surface area contributed by atoms with Crippen LogP contribution in [0.2, 0.25) is 0 Å². The maximum absolute atomic E-state index is 6.03. The second kappa shape index (κ2) is 10.8. The molecule has 148 valence electrons. The Balaban J connectivity index is 1.46. The zero-order valence-electron chi connectivity index (χ0n) is 17.2. The minimum atomic E-state index is 0.680. The minimum Gasteiger partial charge on any atom is -0.494 e. The molecule has 1 saturated carbocycles. The summed E-state index contributed by atoms with van der Waals surface area (Å²) < 4.78 is 11.5. The van der Waals surface area contributed by atoms with Crippen molar-refractivity contribution < 1.29 is 9.47 Å². The fraction of sp³-hybridized carbons (Fsp3) is 0.462. The van der Waals surface area contributed by atoms with E-state index in [1.807, 2.05) is 55.5 Å². The van der Waals surface area contributed by atoms with Gasteiger partial charge in [0.25, 0.3) is 0 Å². The molecule has 0 atom stereocenters. The van der Waals surface area contributed by atoms with Crippen molar-refractivity contribution in [2.45, 2.75) is 52.4 Å². The molecule has 0 spiro atoms. The quantitative estimate of drug-likeness (QED) is 0.516. The summed E-state index contributed by atoms with van der Waals surface area (Å²) in [4.78, 5) is 0. The fourth-order valence-corrected chi connectivity index (χ4v) is 3.89. The van der Waals surface area contributed by atoms with Gasteiger partial charge in [-0.2, -0.15) is 0 Å². The highest BCUT2D eigenvalue weighted by Crippen LogP contribution is 2.31. The van der Waals surface area contributed by atoms with Gasteiger partial charge in [0.05, 0.1) is 13.2 Å². The molecule has 2 heteroatoms. The Morgan fingerprint density at radius 1 is 0.714 bits per heavy atom. The van der Waals surface area contributed by atoms with E-state index in [-0.39, 0.29) is 0 Å². The van der Waals surface area contributed by atoms with Crippen molar-refractivity contribution in [2.24, 2.45) is 11.8 Å². The van der Waals surface area contributed by atoms with Gasteiger partial charge in [-0.25, -0.2) is 0 Å². The van der Waals surface area contributed by atoms with Crippen LogP contribution in [-0.2, 0) is 0 Å². The molecule has 2 aromatic rings. The SMILES string of the molecule is CCCC1CCC(COc2ccc(C#Cc3ccc(OCC)cc3)cc2)CC1. The van der Waals surface area contributed by atoms with Gasteiger partial charge in [0.2, 0.25) is 0 Å². The molecule has 2 aromatic carbocycles. The average molecular weight is 377 g/mol. The predicted octanol–water partition coefficient (Wildman–Crippen LogP) is 6.47. The monoisotopic (exact) mass is 376 g/mol. The second-order valence-corrected chi connectivity index (χ2v) is 7.72. The number of hydrogen-bond acceptors (Lipinski definition) is 2. The van der Waals surface area contributed by atoms with Crippen molar-refractivity contribution in [3.8, 4) is 23.3 Å². The molecule has 0 aromatic heterocycles. The summed E-state index contributed by atoms with van der Waals surface area (Å²) in [6, 6.07) is 16.0. The fourth-order valence-electron chi connectivity index (χ4n) is 3.89. The number of ether oxygens (including phenoxy) is 2. The second-order valence-electron chi connectivity index (χ2n) is 7.72. The molecule has 0 aliphatic heterocycles. The van der Waals surface area contributed by atoms with E-state index in [1.54, 1.807) is 0 Å². The highest BCUT2D eigenvalue weighted by molar-refractivity contribution is 5.45. The maximum Gasteiger partial charge on any atom is 0.119 e. The molecule has 1 aliphatic carbocycles. The maximum atomic E-state index is 6.03. The molecule has 3 rings (SSSR count). The van der Waals surface area contributed by atoms with E-state index in [0.29, 0.717) is 12.5 Å². The Kier molecular flexibility index (Phi) is 7.85. The summed E-state index contributed by atoms with van der Waals surface area (Å²) in [5.41, 5.74) is 1.99. The van der Waals surface area contributed by atoms with Gasteiger partial charge in [-0.15, -0.1) is 0 Å². The third kappa shape index (κ3) is 6.34. The van der Waals surface area contributed by atoms with Gasteiger partial charge in [-0.3, -0.25) is 0 Å². The van der Waals surface area contributed by atoms with Gasteiger partial charge in [-0.05, 0) is 80.1 Å². The zero-order chi connectivity index (χ0) is 19.6.